The van der Waals surface area contributed by atoms with Crippen molar-refractivity contribution >= 4 is 11.9 Å². The monoisotopic (exact) mass is 359 g/mol. The quantitative estimate of drug-likeness (QED) is 0.742. The maximum atomic E-state index is 12.6. The number of rotatable bonds is 7. The van der Waals surface area contributed by atoms with Gasteiger partial charge >= 0.3 is 5.97 Å². The minimum atomic E-state index is -0.433. The summed E-state index contributed by atoms with van der Waals surface area (Å²) < 4.78 is 10.7. The van der Waals surface area contributed by atoms with Gasteiger partial charge in [-0.15, -0.1) is 0 Å². The van der Waals surface area contributed by atoms with Gasteiger partial charge in [0.15, 0.2) is 0 Å². The topological polar surface area (TPSA) is 93.3 Å². The molecule has 2 rings (SSSR count). The molecule has 0 aliphatic heterocycles. The zero-order valence-corrected chi connectivity index (χ0v) is 15.8. The van der Waals surface area contributed by atoms with Crippen LogP contribution in [0.15, 0.2) is 18.3 Å². The van der Waals surface area contributed by atoms with Gasteiger partial charge in [-0.2, -0.15) is 0 Å². The van der Waals surface area contributed by atoms with Crippen molar-refractivity contribution in [2.75, 3.05) is 6.61 Å². The molecule has 0 radical (unpaired) electrons. The molecule has 0 aliphatic rings. The summed E-state index contributed by atoms with van der Waals surface area (Å²) in [4.78, 5) is 31.8. The highest BCUT2D eigenvalue weighted by molar-refractivity contribution is 6.00. The van der Waals surface area contributed by atoms with Crippen LogP contribution in [-0.4, -0.2) is 34.6 Å². The standard InChI is InChI=1S/C19H25N3O4/c1-6-25-19(24)15-12(4)16(22-13(15)5)17(23)21-10-14-8-7-9-20-18(14)26-11(2)3/h7-9,11,22H,6,10H2,1-5H3,(H,21,23). The molecule has 0 fully saturated rings. The first-order valence-electron chi connectivity index (χ1n) is 8.60. The van der Waals surface area contributed by atoms with Gasteiger partial charge in [-0.1, -0.05) is 6.07 Å². The van der Waals surface area contributed by atoms with Gasteiger partial charge in [-0.25, -0.2) is 9.78 Å². The molecule has 0 saturated heterocycles. The van der Waals surface area contributed by atoms with Crippen LogP contribution in [0.25, 0.3) is 0 Å². The molecular formula is C19H25N3O4. The van der Waals surface area contributed by atoms with Crippen molar-refractivity contribution in [1.29, 1.82) is 0 Å². The molecule has 0 aliphatic carbocycles. The molecule has 2 aromatic heterocycles. The number of amides is 1. The van der Waals surface area contributed by atoms with Gasteiger partial charge < -0.3 is 19.8 Å². The average molecular weight is 359 g/mol. The van der Waals surface area contributed by atoms with Crippen LogP contribution in [0.4, 0.5) is 0 Å². The summed E-state index contributed by atoms with van der Waals surface area (Å²) in [6.45, 7) is 9.59. The van der Waals surface area contributed by atoms with Crippen molar-refractivity contribution in [1.82, 2.24) is 15.3 Å². The summed E-state index contributed by atoms with van der Waals surface area (Å²) >= 11 is 0. The Morgan fingerprint density at radius 1 is 1.31 bits per heavy atom. The first kappa shape index (κ1) is 19.5. The predicted molar refractivity (Wildman–Crippen MR) is 97.4 cm³/mol. The Hall–Kier alpha value is -2.83. The Morgan fingerprint density at radius 3 is 2.69 bits per heavy atom. The Balaban J connectivity index is 2.15. The molecule has 0 saturated carbocycles. The number of pyridine rings is 1. The van der Waals surface area contributed by atoms with E-state index in [-0.39, 0.29) is 25.2 Å². The van der Waals surface area contributed by atoms with Crippen LogP contribution < -0.4 is 10.1 Å². The van der Waals surface area contributed by atoms with Crippen molar-refractivity contribution in [3.63, 3.8) is 0 Å². The fraction of sp³-hybridized carbons (Fsp3) is 0.421. The summed E-state index contributed by atoms with van der Waals surface area (Å²) in [6.07, 6.45) is 1.63. The number of esters is 1. The summed E-state index contributed by atoms with van der Waals surface area (Å²) in [6, 6.07) is 3.64. The van der Waals surface area contributed by atoms with Gasteiger partial charge in [0.25, 0.3) is 5.91 Å². The number of aryl methyl sites for hydroxylation is 1. The van der Waals surface area contributed by atoms with E-state index < -0.39 is 5.97 Å². The Bertz CT molecular complexity index is 796. The van der Waals surface area contributed by atoms with E-state index in [0.29, 0.717) is 28.4 Å². The normalized spacial score (nSPS) is 10.7. The first-order valence-corrected chi connectivity index (χ1v) is 8.60. The molecular weight excluding hydrogens is 334 g/mol. The molecule has 2 heterocycles. The molecule has 0 unspecified atom stereocenters. The molecule has 26 heavy (non-hydrogen) atoms. The van der Waals surface area contributed by atoms with Gasteiger partial charge in [-0.05, 0) is 46.2 Å². The van der Waals surface area contributed by atoms with E-state index in [1.807, 2.05) is 19.9 Å². The van der Waals surface area contributed by atoms with Crippen molar-refractivity contribution in [3.05, 3.63) is 46.4 Å². The second-order valence-electron chi connectivity index (χ2n) is 6.16. The third kappa shape index (κ3) is 4.41. The van der Waals surface area contributed by atoms with E-state index in [2.05, 4.69) is 15.3 Å². The fourth-order valence-corrected chi connectivity index (χ4v) is 2.64. The van der Waals surface area contributed by atoms with Crippen molar-refractivity contribution < 1.29 is 19.1 Å². The molecule has 7 heteroatoms. The van der Waals surface area contributed by atoms with Crippen LogP contribution >= 0.6 is 0 Å². The number of H-pyrrole nitrogens is 1. The molecule has 2 N–H and O–H groups in total. The zero-order chi connectivity index (χ0) is 19.3. The average Bonchev–Trinajstić information content (AvgIpc) is 2.88. The molecule has 0 spiro atoms. The van der Waals surface area contributed by atoms with Crippen LogP contribution in [0.3, 0.4) is 0 Å². The first-order chi connectivity index (χ1) is 12.3. The lowest BCUT2D eigenvalue weighted by atomic mass is 10.1. The second kappa shape index (κ2) is 8.51. The van der Waals surface area contributed by atoms with Crippen LogP contribution in [0.2, 0.25) is 0 Å². The second-order valence-corrected chi connectivity index (χ2v) is 6.16. The van der Waals surface area contributed by atoms with E-state index in [1.165, 1.54) is 0 Å². The van der Waals surface area contributed by atoms with Crippen LogP contribution in [0.1, 0.15) is 58.4 Å². The van der Waals surface area contributed by atoms with E-state index in [0.717, 1.165) is 5.56 Å². The highest BCUT2D eigenvalue weighted by Crippen LogP contribution is 2.20. The predicted octanol–water partition coefficient (Wildman–Crippen LogP) is 2.92. The number of carbonyl (C=O) groups excluding carboxylic acids is 2. The third-order valence-corrected chi connectivity index (χ3v) is 3.78. The van der Waals surface area contributed by atoms with Gasteiger partial charge in [0, 0.05) is 24.0 Å². The number of nitrogens with one attached hydrogen (secondary N) is 2. The highest BCUT2D eigenvalue weighted by atomic mass is 16.5. The SMILES string of the molecule is CCOC(=O)c1c(C)[nH]c(C(=O)NCc2cccnc2OC(C)C)c1C. The molecule has 0 atom stereocenters. The Labute approximate surface area is 153 Å². The zero-order valence-electron chi connectivity index (χ0n) is 15.8. The van der Waals surface area contributed by atoms with Crippen molar-refractivity contribution in [2.24, 2.45) is 0 Å². The van der Waals surface area contributed by atoms with E-state index in [4.69, 9.17) is 9.47 Å². The highest BCUT2D eigenvalue weighted by Gasteiger charge is 2.23. The lowest BCUT2D eigenvalue weighted by molar-refractivity contribution is 0.0525. The number of aromatic amines is 1. The maximum absolute atomic E-state index is 12.6. The van der Waals surface area contributed by atoms with Crippen LogP contribution in [0, 0.1) is 13.8 Å². The lowest BCUT2D eigenvalue weighted by Gasteiger charge is -2.13. The number of ether oxygens (including phenoxy) is 2. The molecule has 2 aromatic rings. The molecule has 1 amide bonds. The van der Waals surface area contributed by atoms with Gasteiger partial charge in [0.2, 0.25) is 5.88 Å². The summed E-state index contributed by atoms with van der Waals surface area (Å²) in [7, 11) is 0. The van der Waals surface area contributed by atoms with Crippen molar-refractivity contribution in [3.8, 4) is 5.88 Å². The van der Waals surface area contributed by atoms with Crippen molar-refractivity contribution in [2.45, 2.75) is 47.3 Å². The van der Waals surface area contributed by atoms with E-state index in [9.17, 15) is 9.59 Å². The molecule has 140 valence electrons. The van der Waals surface area contributed by atoms with Gasteiger partial charge in [0.05, 0.1) is 18.3 Å². The molecule has 7 nitrogen and oxygen atoms in total. The molecule has 0 aromatic carbocycles. The van der Waals surface area contributed by atoms with E-state index >= 15 is 0 Å². The minimum absolute atomic E-state index is 0.0141. The fourth-order valence-electron chi connectivity index (χ4n) is 2.64. The number of nitrogens with zero attached hydrogens (tertiary/aromatic N) is 1. The smallest absolute Gasteiger partial charge is 0.340 e. The van der Waals surface area contributed by atoms with Crippen LogP contribution in [0.5, 0.6) is 5.88 Å². The van der Waals surface area contributed by atoms with E-state index in [1.54, 1.807) is 33.0 Å². The summed E-state index contributed by atoms with van der Waals surface area (Å²) in [5.41, 5.74) is 2.71. The summed E-state index contributed by atoms with van der Waals surface area (Å²) in [5, 5.41) is 2.84. The number of carbonyl (C=O) groups is 2. The van der Waals surface area contributed by atoms with Gasteiger partial charge in [-0.3, -0.25) is 4.79 Å². The Kier molecular flexibility index (Phi) is 6.38. The largest absolute Gasteiger partial charge is 0.475 e. The number of aromatic nitrogens is 2. The number of hydrogen-bond acceptors (Lipinski definition) is 5. The van der Waals surface area contributed by atoms with Gasteiger partial charge in [0.1, 0.15) is 5.69 Å². The number of hydrogen-bond donors (Lipinski definition) is 2. The van der Waals surface area contributed by atoms with Crippen LogP contribution in [-0.2, 0) is 11.3 Å². The third-order valence-electron chi connectivity index (χ3n) is 3.78. The molecule has 0 bridgehead atoms. The summed E-state index contributed by atoms with van der Waals surface area (Å²) in [5.74, 6) is -0.243. The maximum Gasteiger partial charge on any atom is 0.340 e. The minimum Gasteiger partial charge on any atom is -0.475 e. The lowest BCUT2D eigenvalue weighted by Crippen LogP contribution is -2.24. The Morgan fingerprint density at radius 2 is 2.04 bits per heavy atom.